The summed E-state index contributed by atoms with van der Waals surface area (Å²) in [6, 6.07) is 21.5. The van der Waals surface area contributed by atoms with Gasteiger partial charge in [-0.1, -0.05) is 48.5 Å². The smallest absolute Gasteiger partial charge is 0.173 e. The van der Waals surface area contributed by atoms with Crippen molar-refractivity contribution in [2.75, 3.05) is 11.9 Å². The van der Waals surface area contributed by atoms with Crippen molar-refractivity contribution in [3.63, 3.8) is 0 Å². The zero-order valence-corrected chi connectivity index (χ0v) is 13.6. The van der Waals surface area contributed by atoms with Crippen molar-refractivity contribution in [3.8, 4) is 0 Å². The van der Waals surface area contributed by atoms with Gasteiger partial charge in [0.1, 0.15) is 0 Å². The molecular formula is C19H22N2S. The second-order valence-corrected chi connectivity index (χ2v) is 6.20. The van der Waals surface area contributed by atoms with E-state index in [0.29, 0.717) is 6.04 Å². The van der Waals surface area contributed by atoms with Gasteiger partial charge in [-0.2, -0.15) is 0 Å². The number of benzene rings is 2. The molecule has 2 nitrogen and oxygen atoms in total. The van der Waals surface area contributed by atoms with Gasteiger partial charge >= 0.3 is 0 Å². The van der Waals surface area contributed by atoms with E-state index in [0.717, 1.165) is 23.8 Å². The molecule has 0 aliphatic carbocycles. The minimum Gasteiger partial charge on any atom is -0.346 e. The van der Waals surface area contributed by atoms with E-state index < -0.39 is 0 Å². The Hall–Kier alpha value is -1.87. The third-order valence-corrected chi connectivity index (χ3v) is 4.61. The SMILES string of the molecule is S=C(Nc1ccccc1)N1CCC[C@@H]1CCc1ccccc1. The van der Waals surface area contributed by atoms with Gasteiger partial charge in [0.2, 0.25) is 0 Å². The minimum absolute atomic E-state index is 0.559. The lowest BCUT2D eigenvalue weighted by Gasteiger charge is -2.27. The van der Waals surface area contributed by atoms with E-state index in [1.807, 2.05) is 18.2 Å². The lowest BCUT2D eigenvalue weighted by molar-refractivity contribution is 0.374. The number of rotatable bonds is 4. The molecule has 1 heterocycles. The summed E-state index contributed by atoms with van der Waals surface area (Å²) < 4.78 is 0. The van der Waals surface area contributed by atoms with Gasteiger partial charge in [0.15, 0.2) is 5.11 Å². The van der Waals surface area contributed by atoms with Gasteiger partial charge in [0, 0.05) is 18.3 Å². The summed E-state index contributed by atoms with van der Waals surface area (Å²) in [5.41, 5.74) is 2.48. The number of likely N-dealkylation sites (tertiary alicyclic amines) is 1. The molecule has 2 aromatic rings. The Morgan fingerprint density at radius 2 is 1.73 bits per heavy atom. The number of para-hydroxylation sites is 1. The fourth-order valence-corrected chi connectivity index (χ4v) is 3.46. The highest BCUT2D eigenvalue weighted by atomic mass is 32.1. The van der Waals surface area contributed by atoms with Gasteiger partial charge in [-0.3, -0.25) is 0 Å². The lowest BCUT2D eigenvalue weighted by atomic mass is 10.0. The van der Waals surface area contributed by atoms with Crippen LogP contribution in [-0.2, 0) is 6.42 Å². The Morgan fingerprint density at radius 1 is 1.05 bits per heavy atom. The number of anilines is 1. The summed E-state index contributed by atoms with van der Waals surface area (Å²) in [4.78, 5) is 2.37. The standard InChI is InChI=1S/C19H22N2S/c22-19(20-17-10-5-2-6-11-17)21-15-7-12-18(21)14-13-16-8-3-1-4-9-16/h1-6,8-11,18H,7,12-15H2,(H,20,22)/t18-/m1/s1. The van der Waals surface area contributed by atoms with Gasteiger partial charge in [-0.25, -0.2) is 0 Å². The molecule has 0 bridgehead atoms. The van der Waals surface area contributed by atoms with E-state index >= 15 is 0 Å². The van der Waals surface area contributed by atoms with Crippen LogP contribution in [0.1, 0.15) is 24.8 Å². The van der Waals surface area contributed by atoms with E-state index in [2.05, 4.69) is 52.7 Å². The fraction of sp³-hybridized carbons (Fsp3) is 0.316. The highest BCUT2D eigenvalue weighted by Crippen LogP contribution is 2.23. The van der Waals surface area contributed by atoms with Crippen LogP contribution in [0.2, 0.25) is 0 Å². The molecule has 1 saturated heterocycles. The monoisotopic (exact) mass is 310 g/mol. The predicted octanol–water partition coefficient (Wildman–Crippen LogP) is 4.48. The minimum atomic E-state index is 0.559. The Morgan fingerprint density at radius 3 is 2.45 bits per heavy atom. The highest BCUT2D eigenvalue weighted by molar-refractivity contribution is 7.80. The fourth-order valence-electron chi connectivity index (χ4n) is 3.10. The first-order valence-corrected chi connectivity index (χ1v) is 8.40. The van der Waals surface area contributed by atoms with E-state index in [9.17, 15) is 0 Å². The first-order valence-electron chi connectivity index (χ1n) is 7.99. The molecule has 22 heavy (non-hydrogen) atoms. The first-order chi connectivity index (χ1) is 10.8. The van der Waals surface area contributed by atoms with Crippen molar-refractivity contribution in [2.45, 2.75) is 31.7 Å². The summed E-state index contributed by atoms with van der Waals surface area (Å²) in [5, 5.41) is 4.23. The second kappa shape index (κ2) is 7.41. The average Bonchev–Trinajstić information content (AvgIpc) is 3.03. The Kier molecular flexibility index (Phi) is 5.07. The molecule has 114 valence electrons. The molecule has 1 aliphatic rings. The van der Waals surface area contributed by atoms with Crippen LogP contribution >= 0.6 is 12.2 Å². The molecule has 3 rings (SSSR count). The Balaban J connectivity index is 1.57. The van der Waals surface area contributed by atoms with Gasteiger partial charge < -0.3 is 10.2 Å². The first kappa shape index (κ1) is 15.0. The largest absolute Gasteiger partial charge is 0.346 e. The molecule has 1 N–H and O–H groups in total. The van der Waals surface area contributed by atoms with Crippen molar-refractivity contribution < 1.29 is 0 Å². The quantitative estimate of drug-likeness (QED) is 0.838. The van der Waals surface area contributed by atoms with Crippen LogP contribution in [0.5, 0.6) is 0 Å². The van der Waals surface area contributed by atoms with Gasteiger partial charge in [-0.05, 0) is 55.6 Å². The third kappa shape index (κ3) is 3.86. The summed E-state index contributed by atoms with van der Waals surface area (Å²) in [5.74, 6) is 0. The normalized spacial score (nSPS) is 17.5. The summed E-state index contributed by atoms with van der Waals surface area (Å²) >= 11 is 5.62. The Bertz CT molecular complexity index is 597. The number of nitrogens with one attached hydrogen (secondary N) is 1. The predicted molar refractivity (Wildman–Crippen MR) is 97.2 cm³/mol. The van der Waals surface area contributed by atoms with Crippen molar-refractivity contribution in [1.29, 1.82) is 0 Å². The summed E-state index contributed by atoms with van der Waals surface area (Å²) in [6.45, 7) is 1.07. The van der Waals surface area contributed by atoms with Crippen molar-refractivity contribution >= 4 is 23.0 Å². The molecule has 1 aliphatic heterocycles. The molecule has 2 aromatic carbocycles. The molecule has 1 atom stereocenters. The third-order valence-electron chi connectivity index (χ3n) is 4.27. The van der Waals surface area contributed by atoms with E-state index in [1.165, 1.54) is 24.8 Å². The molecule has 0 spiro atoms. The number of hydrogen-bond donors (Lipinski definition) is 1. The number of nitrogens with zero attached hydrogens (tertiary/aromatic N) is 1. The maximum absolute atomic E-state index is 5.62. The summed E-state index contributed by atoms with van der Waals surface area (Å²) in [7, 11) is 0. The molecule has 0 saturated carbocycles. The lowest BCUT2D eigenvalue weighted by Crippen LogP contribution is -2.38. The molecule has 0 amide bonds. The number of hydrogen-bond acceptors (Lipinski definition) is 1. The van der Waals surface area contributed by atoms with Crippen molar-refractivity contribution in [1.82, 2.24) is 4.90 Å². The molecule has 0 radical (unpaired) electrons. The van der Waals surface area contributed by atoms with E-state index in [1.54, 1.807) is 0 Å². The molecule has 0 unspecified atom stereocenters. The number of aryl methyl sites for hydroxylation is 1. The van der Waals surface area contributed by atoms with E-state index in [-0.39, 0.29) is 0 Å². The Labute approximate surface area is 138 Å². The van der Waals surface area contributed by atoms with E-state index in [4.69, 9.17) is 12.2 Å². The average molecular weight is 310 g/mol. The van der Waals surface area contributed by atoms with Crippen molar-refractivity contribution in [3.05, 3.63) is 66.2 Å². The maximum atomic E-state index is 5.62. The van der Waals surface area contributed by atoms with Gasteiger partial charge in [0.05, 0.1) is 0 Å². The van der Waals surface area contributed by atoms with Crippen LogP contribution in [0, 0.1) is 0 Å². The molecule has 1 fully saturated rings. The highest BCUT2D eigenvalue weighted by Gasteiger charge is 2.26. The van der Waals surface area contributed by atoms with Crippen LogP contribution in [0.4, 0.5) is 5.69 Å². The molecular weight excluding hydrogens is 288 g/mol. The maximum Gasteiger partial charge on any atom is 0.173 e. The zero-order valence-electron chi connectivity index (χ0n) is 12.7. The zero-order chi connectivity index (χ0) is 15.2. The second-order valence-electron chi connectivity index (χ2n) is 5.81. The van der Waals surface area contributed by atoms with Gasteiger partial charge in [0.25, 0.3) is 0 Å². The summed E-state index contributed by atoms with van der Waals surface area (Å²) in [6.07, 6.45) is 4.76. The topological polar surface area (TPSA) is 15.3 Å². The number of thiocarbonyl (C=S) groups is 1. The van der Waals surface area contributed by atoms with Crippen molar-refractivity contribution in [2.24, 2.45) is 0 Å². The molecule has 0 aromatic heterocycles. The van der Waals surface area contributed by atoms with Crippen LogP contribution in [0.25, 0.3) is 0 Å². The van der Waals surface area contributed by atoms with Crippen LogP contribution in [0.15, 0.2) is 60.7 Å². The van der Waals surface area contributed by atoms with Crippen LogP contribution < -0.4 is 5.32 Å². The van der Waals surface area contributed by atoms with Gasteiger partial charge in [-0.15, -0.1) is 0 Å². The molecule has 3 heteroatoms. The van der Waals surface area contributed by atoms with Crippen LogP contribution in [0.3, 0.4) is 0 Å². The van der Waals surface area contributed by atoms with Crippen LogP contribution in [-0.4, -0.2) is 22.6 Å².